The fourth-order valence-electron chi connectivity index (χ4n) is 5.52. The van der Waals surface area contributed by atoms with Crippen molar-refractivity contribution in [2.75, 3.05) is 32.1 Å². The van der Waals surface area contributed by atoms with Crippen molar-refractivity contribution in [2.45, 2.75) is 90.9 Å². The number of hydrogen-bond acceptors (Lipinski definition) is 9. The molecule has 1 fully saturated rings. The summed E-state index contributed by atoms with van der Waals surface area (Å²) in [5, 5.41) is 11.4. The molecule has 51 heavy (non-hydrogen) atoms. The molecule has 4 rings (SSSR count). The van der Waals surface area contributed by atoms with Gasteiger partial charge in [0.2, 0.25) is 23.6 Å². The molecule has 2 aliphatic rings. The minimum absolute atomic E-state index is 0.00465. The molecule has 14 heteroatoms. The van der Waals surface area contributed by atoms with Crippen LogP contribution in [0.15, 0.2) is 36.4 Å². The second-order valence-electron chi connectivity index (χ2n) is 12.3. The maximum atomic E-state index is 12.5. The second-order valence-corrected chi connectivity index (χ2v) is 12.3. The smallest absolute Gasteiger partial charge is 0.432 e. The van der Waals surface area contributed by atoms with E-state index in [9.17, 15) is 33.6 Å². The average Bonchev–Trinajstić information content (AvgIpc) is 3.59. The SMILES string of the molecule is CCCNC(=O)CCCC(=O)NC.CCCNC(=O)CCCC(=O)Nc1ccc2c(c1)C(COC(=O)ON1C(=O)CCC1=O)c1cc(C)ccc1-2. The zero-order valence-corrected chi connectivity index (χ0v) is 29.9. The fourth-order valence-corrected chi connectivity index (χ4v) is 5.52. The van der Waals surface area contributed by atoms with Gasteiger partial charge in [0.25, 0.3) is 11.8 Å². The largest absolute Gasteiger partial charge is 0.533 e. The molecule has 1 aliphatic carbocycles. The molecule has 1 atom stereocenters. The molecule has 14 nitrogen and oxygen atoms in total. The third-order valence-corrected chi connectivity index (χ3v) is 8.16. The highest BCUT2D eigenvalue weighted by Gasteiger charge is 2.35. The van der Waals surface area contributed by atoms with Crippen LogP contribution >= 0.6 is 0 Å². The molecule has 4 N–H and O–H groups in total. The van der Waals surface area contributed by atoms with Gasteiger partial charge < -0.3 is 26.0 Å². The summed E-state index contributed by atoms with van der Waals surface area (Å²) in [6.45, 7) is 7.21. The van der Waals surface area contributed by atoms with Crippen molar-refractivity contribution in [2.24, 2.45) is 0 Å². The van der Waals surface area contributed by atoms with E-state index in [4.69, 9.17) is 9.57 Å². The van der Waals surface area contributed by atoms with Gasteiger partial charge >= 0.3 is 6.16 Å². The van der Waals surface area contributed by atoms with Gasteiger partial charge in [0, 0.05) is 70.3 Å². The Hall–Kier alpha value is -5.27. The summed E-state index contributed by atoms with van der Waals surface area (Å²) in [4.78, 5) is 86.6. The van der Waals surface area contributed by atoms with E-state index in [2.05, 4.69) is 21.3 Å². The highest BCUT2D eigenvalue weighted by molar-refractivity contribution is 6.01. The quantitative estimate of drug-likeness (QED) is 0.145. The first kappa shape index (κ1) is 40.2. The Kier molecular flexibility index (Phi) is 16.1. The number of imide groups is 1. The van der Waals surface area contributed by atoms with Crippen molar-refractivity contribution >= 4 is 47.3 Å². The van der Waals surface area contributed by atoms with Crippen molar-refractivity contribution in [3.05, 3.63) is 53.1 Å². The number of ether oxygens (including phenoxy) is 1. The Morgan fingerprint density at radius 2 is 1.27 bits per heavy atom. The first-order chi connectivity index (χ1) is 24.5. The topological polar surface area (TPSA) is 189 Å². The van der Waals surface area contributed by atoms with Crippen LogP contribution in [-0.4, -0.2) is 73.4 Å². The molecule has 0 bridgehead atoms. The van der Waals surface area contributed by atoms with Crippen LogP contribution in [0.3, 0.4) is 0 Å². The molecular formula is C37H49N5O9. The second kappa shape index (κ2) is 20.4. The number of aryl methyl sites for hydroxylation is 1. The lowest BCUT2D eigenvalue weighted by Gasteiger charge is -2.17. The molecule has 1 saturated heterocycles. The predicted octanol–water partition coefficient (Wildman–Crippen LogP) is 4.39. The Balaban J connectivity index is 0.000000460. The highest BCUT2D eigenvalue weighted by atomic mass is 16.8. The molecule has 1 unspecified atom stereocenters. The molecular weight excluding hydrogens is 658 g/mol. The monoisotopic (exact) mass is 707 g/mol. The molecule has 276 valence electrons. The molecule has 1 aliphatic heterocycles. The maximum Gasteiger partial charge on any atom is 0.533 e. The Bertz CT molecular complexity index is 1580. The Labute approximate surface area is 298 Å². The summed E-state index contributed by atoms with van der Waals surface area (Å²) in [6, 6.07) is 11.6. The van der Waals surface area contributed by atoms with Gasteiger partial charge in [-0.2, -0.15) is 0 Å². The van der Waals surface area contributed by atoms with Crippen LogP contribution in [0.25, 0.3) is 11.1 Å². The molecule has 2 aromatic carbocycles. The van der Waals surface area contributed by atoms with Crippen molar-refractivity contribution in [3.8, 4) is 11.1 Å². The van der Waals surface area contributed by atoms with E-state index in [1.54, 1.807) is 7.05 Å². The standard InChI is InChI=1S/C28H31N3O7.C9H18N2O2/c1-3-13-29-24(32)5-4-6-25(33)30-18-8-10-20-19-9-7-17(2)14-21(19)23(22(20)15-18)16-37-28(36)38-31-26(34)11-12-27(31)35;1-3-7-11-9(13)6-4-5-8(12)10-2/h7-10,14-15,23H,3-6,11-13,16H2,1-2H3,(H,29,32)(H,30,33);3-7H2,1-2H3,(H,10,12)(H,11,13). The lowest BCUT2D eigenvalue weighted by atomic mass is 9.96. The fraction of sp³-hybridized carbons (Fsp3) is 0.486. The van der Waals surface area contributed by atoms with Crippen LogP contribution in [0.1, 0.15) is 101 Å². The van der Waals surface area contributed by atoms with E-state index < -0.39 is 18.0 Å². The van der Waals surface area contributed by atoms with Crippen LogP contribution in [0.5, 0.6) is 0 Å². The summed E-state index contributed by atoms with van der Waals surface area (Å²) >= 11 is 0. The van der Waals surface area contributed by atoms with E-state index in [0.717, 1.165) is 47.2 Å². The molecule has 0 aromatic heterocycles. The van der Waals surface area contributed by atoms with E-state index in [0.29, 0.717) is 43.0 Å². The number of hydroxylamine groups is 2. The van der Waals surface area contributed by atoms with Crippen LogP contribution in [0.4, 0.5) is 10.5 Å². The van der Waals surface area contributed by atoms with Crippen LogP contribution in [0, 0.1) is 6.92 Å². The van der Waals surface area contributed by atoms with Gasteiger partial charge in [-0.3, -0.25) is 33.6 Å². The van der Waals surface area contributed by atoms with E-state index in [1.807, 2.05) is 57.2 Å². The number of nitrogens with zero attached hydrogens (tertiary/aromatic N) is 1. The number of benzene rings is 2. The molecule has 0 saturated carbocycles. The number of carbonyl (C=O) groups is 7. The summed E-state index contributed by atoms with van der Waals surface area (Å²) < 4.78 is 5.33. The van der Waals surface area contributed by atoms with Gasteiger partial charge in [-0.05, 0) is 67.0 Å². The summed E-state index contributed by atoms with van der Waals surface area (Å²) in [6.07, 6.45) is 3.09. The van der Waals surface area contributed by atoms with Crippen LogP contribution in [-0.2, 0) is 38.3 Å². The molecule has 6 amide bonds. The average molecular weight is 708 g/mol. The van der Waals surface area contributed by atoms with E-state index in [1.165, 1.54) is 0 Å². The van der Waals surface area contributed by atoms with Crippen molar-refractivity contribution < 1.29 is 43.1 Å². The van der Waals surface area contributed by atoms with Gasteiger partial charge in [-0.15, -0.1) is 0 Å². The molecule has 1 heterocycles. The van der Waals surface area contributed by atoms with Crippen LogP contribution in [0.2, 0.25) is 0 Å². The zero-order chi connectivity index (χ0) is 37.3. The number of amides is 6. The maximum absolute atomic E-state index is 12.5. The van der Waals surface area contributed by atoms with Crippen molar-refractivity contribution in [3.63, 3.8) is 0 Å². The minimum atomic E-state index is -1.14. The number of fused-ring (bicyclic) bond motifs is 3. The zero-order valence-electron chi connectivity index (χ0n) is 29.9. The van der Waals surface area contributed by atoms with E-state index in [-0.39, 0.29) is 61.8 Å². The first-order valence-electron chi connectivity index (χ1n) is 17.5. The summed E-state index contributed by atoms with van der Waals surface area (Å²) in [5.74, 6) is -1.74. The first-order valence-corrected chi connectivity index (χ1v) is 17.5. The third kappa shape index (κ3) is 12.5. The number of anilines is 1. The molecule has 0 spiro atoms. The minimum Gasteiger partial charge on any atom is -0.432 e. The summed E-state index contributed by atoms with van der Waals surface area (Å²) in [5.41, 5.74) is 5.40. The van der Waals surface area contributed by atoms with Crippen molar-refractivity contribution in [1.29, 1.82) is 0 Å². The number of rotatable bonds is 16. The normalized spacial score (nSPS) is 14.0. The molecule has 0 radical (unpaired) electrons. The van der Waals surface area contributed by atoms with Gasteiger partial charge in [0.05, 0.1) is 0 Å². The number of hydrogen-bond donors (Lipinski definition) is 4. The highest BCUT2D eigenvalue weighted by Crippen LogP contribution is 2.46. The van der Waals surface area contributed by atoms with Gasteiger partial charge in [-0.1, -0.05) is 48.7 Å². The Morgan fingerprint density at radius 1 is 0.745 bits per heavy atom. The molecule has 2 aromatic rings. The third-order valence-electron chi connectivity index (χ3n) is 8.16. The van der Waals surface area contributed by atoms with Gasteiger partial charge in [-0.25, -0.2) is 4.79 Å². The lowest BCUT2D eigenvalue weighted by Crippen LogP contribution is -2.32. The van der Waals surface area contributed by atoms with Crippen LogP contribution < -0.4 is 21.3 Å². The van der Waals surface area contributed by atoms with Crippen molar-refractivity contribution in [1.82, 2.24) is 21.0 Å². The van der Waals surface area contributed by atoms with E-state index >= 15 is 0 Å². The summed E-state index contributed by atoms with van der Waals surface area (Å²) in [7, 11) is 1.60. The van der Waals surface area contributed by atoms with Gasteiger partial charge in [0.1, 0.15) is 6.61 Å². The lowest BCUT2D eigenvalue weighted by molar-refractivity contribution is -0.177. The number of carbonyl (C=O) groups excluding carboxylic acids is 7. The number of nitrogens with one attached hydrogen (secondary N) is 4. The predicted molar refractivity (Wildman–Crippen MR) is 189 cm³/mol. The van der Waals surface area contributed by atoms with Gasteiger partial charge in [0.15, 0.2) is 0 Å². The Morgan fingerprint density at radius 3 is 1.84 bits per heavy atom.